The number of aryl methyl sites for hydroxylation is 1. The number of rotatable bonds is 4. The molecular formula is C23H27N3O4. The predicted molar refractivity (Wildman–Crippen MR) is 110 cm³/mol. The molecule has 7 heteroatoms. The average molecular weight is 409 g/mol. The van der Waals surface area contributed by atoms with Crippen molar-refractivity contribution in [2.24, 2.45) is 17.3 Å². The Morgan fingerprint density at radius 2 is 1.97 bits per heavy atom. The molecule has 6 rings (SSSR count). The van der Waals surface area contributed by atoms with E-state index in [0.29, 0.717) is 29.6 Å². The zero-order valence-corrected chi connectivity index (χ0v) is 17.4. The van der Waals surface area contributed by atoms with Gasteiger partial charge in [0.15, 0.2) is 0 Å². The second-order valence-corrected chi connectivity index (χ2v) is 9.80. The van der Waals surface area contributed by atoms with E-state index in [4.69, 9.17) is 4.74 Å². The van der Waals surface area contributed by atoms with Crippen molar-refractivity contribution in [2.75, 3.05) is 0 Å². The Kier molecular flexibility index (Phi) is 4.27. The minimum atomic E-state index is -0.532. The van der Waals surface area contributed by atoms with Gasteiger partial charge in [0.1, 0.15) is 12.3 Å². The van der Waals surface area contributed by atoms with Crippen LogP contribution < -0.4 is 10.9 Å². The highest BCUT2D eigenvalue weighted by Gasteiger charge is 2.61. The number of aromatic nitrogens is 2. The van der Waals surface area contributed by atoms with E-state index in [0.717, 1.165) is 37.7 Å². The van der Waals surface area contributed by atoms with Gasteiger partial charge >= 0.3 is 5.97 Å². The van der Waals surface area contributed by atoms with E-state index in [1.165, 1.54) is 10.5 Å². The van der Waals surface area contributed by atoms with Crippen LogP contribution in [0.15, 0.2) is 29.2 Å². The average Bonchev–Trinajstić information content (AvgIpc) is 2.64. The van der Waals surface area contributed by atoms with E-state index in [1.54, 1.807) is 19.2 Å². The Morgan fingerprint density at radius 1 is 1.23 bits per heavy atom. The van der Waals surface area contributed by atoms with Gasteiger partial charge in [0, 0.05) is 24.7 Å². The first-order chi connectivity index (χ1) is 14.3. The van der Waals surface area contributed by atoms with Gasteiger partial charge in [-0.1, -0.05) is 6.07 Å². The molecule has 30 heavy (non-hydrogen) atoms. The van der Waals surface area contributed by atoms with Crippen molar-refractivity contribution in [3.63, 3.8) is 0 Å². The normalized spacial score (nSPS) is 31.7. The molecule has 4 atom stereocenters. The van der Waals surface area contributed by atoms with Crippen LogP contribution in [-0.2, 0) is 20.9 Å². The molecule has 2 heterocycles. The first-order valence-electron chi connectivity index (χ1n) is 10.7. The fourth-order valence-electron chi connectivity index (χ4n) is 6.65. The molecule has 4 fully saturated rings. The van der Waals surface area contributed by atoms with Crippen molar-refractivity contribution in [1.82, 2.24) is 14.7 Å². The molecule has 2 unspecified atom stereocenters. The molecule has 4 saturated carbocycles. The molecule has 2 aromatic rings. The maximum Gasteiger partial charge on any atom is 0.312 e. The molecule has 0 saturated heterocycles. The number of carbonyl (C=O) groups excluding carboxylic acids is 2. The largest absolute Gasteiger partial charge is 0.459 e. The summed E-state index contributed by atoms with van der Waals surface area (Å²) in [6, 6.07) is 5.12. The lowest BCUT2D eigenvalue weighted by Gasteiger charge is -2.60. The van der Waals surface area contributed by atoms with Gasteiger partial charge < -0.3 is 10.1 Å². The molecule has 7 nitrogen and oxygen atoms in total. The number of nitrogens with zero attached hydrogens (tertiary/aromatic N) is 2. The summed E-state index contributed by atoms with van der Waals surface area (Å²) in [6.45, 7) is 3.46. The maximum atomic E-state index is 13.2. The van der Waals surface area contributed by atoms with Crippen molar-refractivity contribution in [3.05, 3.63) is 46.0 Å². The Labute approximate surface area is 174 Å². The number of hydrogen-bond acceptors (Lipinski definition) is 5. The third-order valence-electron chi connectivity index (χ3n) is 7.15. The summed E-state index contributed by atoms with van der Waals surface area (Å²) < 4.78 is 7.23. The molecule has 0 radical (unpaired) electrons. The van der Waals surface area contributed by atoms with Crippen LogP contribution in [0.25, 0.3) is 5.65 Å². The fourth-order valence-corrected chi connectivity index (χ4v) is 6.65. The van der Waals surface area contributed by atoms with Gasteiger partial charge in [0.25, 0.3) is 5.56 Å². The van der Waals surface area contributed by atoms with Crippen molar-refractivity contribution < 1.29 is 14.3 Å². The summed E-state index contributed by atoms with van der Waals surface area (Å²) in [5.74, 6) is 0.670. The molecule has 0 aliphatic heterocycles. The number of nitrogens with one attached hydrogen (secondary N) is 1. The fraction of sp³-hybridized carbons (Fsp3) is 0.565. The summed E-state index contributed by atoms with van der Waals surface area (Å²) in [4.78, 5) is 41.9. The van der Waals surface area contributed by atoms with Crippen LogP contribution in [0.1, 0.15) is 56.7 Å². The van der Waals surface area contributed by atoms with Gasteiger partial charge in [-0.05, 0) is 68.9 Å². The first kappa shape index (κ1) is 19.3. The molecule has 0 spiro atoms. The van der Waals surface area contributed by atoms with E-state index in [1.807, 2.05) is 13.0 Å². The summed E-state index contributed by atoms with van der Waals surface area (Å²) in [6.07, 6.45) is 7.11. The Hall–Kier alpha value is -2.70. The van der Waals surface area contributed by atoms with Crippen LogP contribution in [0.2, 0.25) is 0 Å². The maximum absolute atomic E-state index is 13.2. The van der Waals surface area contributed by atoms with Crippen molar-refractivity contribution in [2.45, 2.75) is 64.5 Å². The minimum absolute atomic E-state index is 0.0112. The van der Waals surface area contributed by atoms with Crippen molar-refractivity contribution in [1.29, 1.82) is 0 Å². The Balaban J connectivity index is 1.36. The molecule has 1 amide bonds. The number of pyridine rings is 1. The van der Waals surface area contributed by atoms with Gasteiger partial charge in [0.2, 0.25) is 5.91 Å². The monoisotopic (exact) mass is 409 g/mol. The molecular weight excluding hydrogens is 382 g/mol. The molecule has 1 N–H and O–H groups in total. The topological polar surface area (TPSA) is 89.8 Å². The van der Waals surface area contributed by atoms with E-state index >= 15 is 0 Å². The van der Waals surface area contributed by atoms with Gasteiger partial charge in [-0.3, -0.25) is 18.8 Å². The highest BCUT2D eigenvalue weighted by atomic mass is 16.5. The lowest BCUT2D eigenvalue weighted by molar-refractivity contribution is -0.177. The number of carbonyl (C=O) groups is 2. The molecule has 4 bridgehead atoms. The quantitative estimate of drug-likeness (QED) is 0.784. The van der Waals surface area contributed by atoms with Crippen LogP contribution in [-0.4, -0.2) is 26.8 Å². The first-order valence-corrected chi connectivity index (χ1v) is 10.7. The molecule has 2 aromatic heterocycles. The van der Waals surface area contributed by atoms with Crippen LogP contribution >= 0.6 is 0 Å². The van der Waals surface area contributed by atoms with Crippen molar-refractivity contribution >= 4 is 17.5 Å². The second kappa shape index (κ2) is 6.65. The van der Waals surface area contributed by atoms with Gasteiger partial charge in [-0.2, -0.15) is 0 Å². The number of hydrogen-bond donors (Lipinski definition) is 1. The predicted octanol–water partition coefficient (Wildman–Crippen LogP) is 2.52. The van der Waals surface area contributed by atoms with Gasteiger partial charge in [-0.25, -0.2) is 4.98 Å². The third kappa shape index (κ3) is 3.20. The molecule has 4 aliphatic carbocycles. The molecule has 0 aromatic carbocycles. The third-order valence-corrected chi connectivity index (χ3v) is 7.15. The lowest BCUT2D eigenvalue weighted by atomic mass is 9.47. The second-order valence-electron chi connectivity index (χ2n) is 9.80. The highest BCUT2D eigenvalue weighted by Crippen LogP contribution is 2.62. The summed E-state index contributed by atoms with van der Waals surface area (Å²) in [7, 11) is 0. The Morgan fingerprint density at radius 3 is 2.67 bits per heavy atom. The summed E-state index contributed by atoms with van der Waals surface area (Å²) >= 11 is 0. The van der Waals surface area contributed by atoms with Crippen LogP contribution in [0.5, 0.6) is 0 Å². The summed E-state index contributed by atoms with van der Waals surface area (Å²) in [5, 5.41) is 3.17. The highest BCUT2D eigenvalue weighted by molar-refractivity contribution is 5.79. The number of ether oxygens (including phenoxy) is 1. The number of fused-ring (bicyclic) bond motifs is 1. The van der Waals surface area contributed by atoms with Crippen LogP contribution in [0.4, 0.5) is 0 Å². The number of amides is 1. The SMILES string of the molecule is CC(=O)NC12C[C@H]3C[C@@H](C1)CC(C(=O)OCc1cc(=O)n4cc(C)ccc4n1)(C3)C2. The number of esters is 1. The van der Waals surface area contributed by atoms with E-state index in [-0.39, 0.29) is 29.6 Å². The van der Waals surface area contributed by atoms with E-state index in [9.17, 15) is 14.4 Å². The smallest absolute Gasteiger partial charge is 0.312 e. The minimum Gasteiger partial charge on any atom is -0.459 e. The lowest BCUT2D eigenvalue weighted by Crippen LogP contribution is -2.64. The van der Waals surface area contributed by atoms with E-state index in [2.05, 4.69) is 10.3 Å². The Bertz CT molecular complexity index is 1090. The molecule has 4 aliphatic rings. The van der Waals surface area contributed by atoms with Crippen LogP contribution in [0, 0.1) is 24.2 Å². The molecule has 158 valence electrons. The van der Waals surface area contributed by atoms with Gasteiger partial charge in [-0.15, -0.1) is 0 Å². The van der Waals surface area contributed by atoms with Crippen molar-refractivity contribution in [3.8, 4) is 0 Å². The summed E-state index contributed by atoms with van der Waals surface area (Å²) in [5.41, 5.74) is 0.981. The van der Waals surface area contributed by atoms with Gasteiger partial charge in [0.05, 0.1) is 11.1 Å². The van der Waals surface area contributed by atoms with Crippen LogP contribution in [0.3, 0.4) is 0 Å². The standard InChI is InChI=1S/C23H27N3O4/c1-14-3-4-19-24-18(6-20(28)26(19)11-14)12-30-21(29)22-7-16-5-17(8-22)10-23(9-16,13-22)25-15(2)27/h3-4,6,11,16-17H,5,7-10,12-13H2,1-2H3,(H,25,27)/t16-,17+,22?,23?. The zero-order chi connectivity index (χ0) is 21.1. The van der Waals surface area contributed by atoms with E-state index < -0.39 is 5.41 Å². The zero-order valence-electron chi connectivity index (χ0n) is 17.4.